The van der Waals surface area contributed by atoms with Crippen LogP contribution in [-0.4, -0.2) is 27.7 Å². The smallest absolute Gasteiger partial charge is 0.129 e. The van der Waals surface area contributed by atoms with Crippen LogP contribution in [0.3, 0.4) is 0 Å². The van der Waals surface area contributed by atoms with Crippen LogP contribution in [-0.2, 0) is 0 Å². The quantitative estimate of drug-likeness (QED) is 0.813. The predicted molar refractivity (Wildman–Crippen MR) is 63.2 cm³/mol. The van der Waals surface area contributed by atoms with Crippen molar-refractivity contribution in [2.75, 3.05) is 11.9 Å². The van der Waals surface area contributed by atoms with Gasteiger partial charge in [0, 0.05) is 18.3 Å². The van der Waals surface area contributed by atoms with E-state index < -0.39 is 0 Å². The van der Waals surface area contributed by atoms with Gasteiger partial charge < -0.3 is 10.4 Å². The van der Waals surface area contributed by atoms with Gasteiger partial charge in [0.25, 0.3) is 0 Å². The first kappa shape index (κ1) is 11.3. The molecular formula is C12H19N3O. The molecule has 0 amide bonds. The fourth-order valence-electron chi connectivity index (χ4n) is 2.27. The van der Waals surface area contributed by atoms with E-state index in [9.17, 15) is 5.11 Å². The molecule has 0 aliphatic heterocycles. The minimum absolute atomic E-state index is 0.252. The second-order valence-corrected chi connectivity index (χ2v) is 4.54. The SMILES string of the molecule is Cc1cc(NCC(O)C2CCCC2)ncn1. The van der Waals surface area contributed by atoms with Crippen molar-refractivity contribution in [3.8, 4) is 0 Å². The summed E-state index contributed by atoms with van der Waals surface area (Å²) in [6, 6.07) is 1.89. The van der Waals surface area contributed by atoms with Gasteiger partial charge in [-0.3, -0.25) is 0 Å². The van der Waals surface area contributed by atoms with Crippen molar-refractivity contribution in [2.45, 2.75) is 38.7 Å². The van der Waals surface area contributed by atoms with Crippen LogP contribution >= 0.6 is 0 Å². The second kappa shape index (κ2) is 5.25. The van der Waals surface area contributed by atoms with Crippen LogP contribution < -0.4 is 5.32 Å². The van der Waals surface area contributed by atoms with Gasteiger partial charge >= 0.3 is 0 Å². The number of hydrogen-bond donors (Lipinski definition) is 2. The van der Waals surface area contributed by atoms with Crippen LogP contribution in [0.4, 0.5) is 5.82 Å². The molecule has 1 aliphatic rings. The molecule has 4 heteroatoms. The molecule has 16 heavy (non-hydrogen) atoms. The van der Waals surface area contributed by atoms with E-state index in [1.165, 1.54) is 12.8 Å². The number of nitrogens with zero attached hydrogens (tertiary/aromatic N) is 2. The van der Waals surface area contributed by atoms with Crippen molar-refractivity contribution >= 4 is 5.82 Å². The minimum Gasteiger partial charge on any atom is -0.391 e. The maximum atomic E-state index is 9.97. The van der Waals surface area contributed by atoms with Gasteiger partial charge in [-0.15, -0.1) is 0 Å². The largest absolute Gasteiger partial charge is 0.391 e. The molecule has 1 heterocycles. The van der Waals surface area contributed by atoms with E-state index in [1.807, 2.05) is 13.0 Å². The number of rotatable bonds is 4. The third-order valence-electron chi connectivity index (χ3n) is 3.24. The molecule has 0 bridgehead atoms. The van der Waals surface area contributed by atoms with Gasteiger partial charge in [-0.2, -0.15) is 0 Å². The molecule has 2 N–H and O–H groups in total. The summed E-state index contributed by atoms with van der Waals surface area (Å²) in [5.41, 5.74) is 0.938. The Morgan fingerprint density at radius 1 is 1.44 bits per heavy atom. The Balaban J connectivity index is 1.82. The highest BCUT2D eigenvalue weighted by atomic mass is 16.3. The van der Waals surface area contributed by atoms with Crippen molar-refractivity contribution in [1.82, 2.24) is 9.97 Å². The van der Waals surface area contributed by atoms with Crippen molar-refractivity contribution in [3.63, 3.8) is 0 Å². The number of aliphatic hydroxyl groups excluding tert-OH is 1. The predicted octanol–water partition coefficient (Wildman–Crippen LogP) is 1.75. The van der Waals surface area contributed by atoms with Crippen LogP contribution in [0.2, 0.25) is 0 Å². The number of aromatic nitrogens is 2. The van der Waals surface area contributed by atoms with Gasteiger partial charge in [-0.05, 0) is 25.7 Å². The molecule has 4 nitrogen and oxygen atoms in total. The van der Waals surface area contributed by atoms with E-state index in [4.69, 9.17) is 0 Å². The highest BCUT2D eigenvalue weighted by Crippen LogP contribution is 2.27. The zero-order valence-electron chi connectivity index (χ0n) is 9.69. The first-order chi connectivity index (χ1) is 7.75. The summed E-state index contributed by atoms with van der Waals surface area (Å²) in [5, 5.41) is 13.1. The van der Waals surface area contributed by atoms with Gasteiger partial charge in [0.05, 0.1) is 6.10 Å². The van der Waals surface area contributed by atoms with Crippen LogP contribution in [0, 0.1) is 12.8 Å². The Bertz CT molecular complexity index is 337. The van der Waals surface area contributed by atoms with Crippen LogP contribution in [0.15, 0.2) is 12.4 Å². The topological polar surface area (TPSA) is 58.0 Å². The summed E-state index contributed by atoms with van der Waals surface area (Å²) in [4.78, 5) is 8.14. The molecular weight excluding hydrogens is 202 g/mol. The molecule has 88 valence electrons. The van der Waals surface area contributed by atoms with Crippen LogP contribution in [0.5, 0.6) is 0 Å². The summed E-state index contributed by atoms with van der Waals surface area (Å²) < 4.78 is 0. The standard InChI is InChI=1S/C12H19N3O/c1-9-6-12(15-8-14-9)13-7-11(16)10-4-2-3-5-10/h6,8,10-11,16H,2-5,7H2,1H3,(H,13,14,15). The fourth-order valence-corrected chi connectivity index (χ4v) is 2.27. The average molecular weight is 221 g/mol. The summed E-state index contributed by atoms with van der Waals surface area (Å²) in [5.74, 6) is 1.26. The summed E-state index contributed by atoms with van der Waals surface area (Å²) in [6.07, 6.45) is 6.12. The maximum absolute atomic E-state index is 9.97. The molecule has 1 fully saturated rings. The number of nitrogens with one attached hydrogen (secondary N) is 1. The monoisotopic (exact) mass is 221 g/mol. The molecule has 0 radical (unpaired) electrons. The molecule has 0 spiro atoms. The highest BCUT2D eigenvalue weighted by molar-refractivity contribution is 5.34. The Labute approximate surface area is 96.1 Å². The lowest BCUT2D eigenvalue weighted by molar-refractivity contribution is 0.122. The van der Waals surface area contributed by atoms with Crippen molar-refractivity contribution in [1.29, 1.82) is 0 Å². The molecule has 0 saturated heterocycles. The van der Waals surface area contributed by atoms with Gasteiger partial charge in [0.2, 0.25) is 0 Å². The second-order valence-electron chi connectivity index (χ2n) is 4.54. The Hall–Kier alpha value is -1.16. The molecule has 1 aromatic heterocycles. The van der Waals surface area contributed by atoms with E-state index in [0.717, 1.165) is 24.4 Å². The lowest BCUT2D eigenvalue weighted by atomic mass is 10.0. The van der Waals surface area contributed by atoms with Crippen molar-refractivity contribution in [2.24, 2.45) is 5.92 Å². The normalized spacial score (nSPS) is 18.6. The molecule has 1 unspecified atom stereocenters. The third kappa shape index (κ3) is 2.92. The van der Waals surface area contributed by atoms with Gasteiger partial charge in [-0.25, -0.2) is 9.97 Å². The van der Waals surface area contributed by atoms with Gasteiger partial charge in [-0.1, -0.05) is 12.8 Å². The van der Waals surface area contributed by atoms with Gasteiger partial charge in [0.15, 0.2) is 0 Å². The van der Waals surface area contributed by atoms with Crippen molar-refractivity contribution < 1.29 is 5.11 Å². The molecule has 1 aliphatic carbocycles. The molecule has 1 saturated carbocycles. The van der Waals surface area contributed by atoms with E-state index >= 15 is 0 Å². The van der Waals surface area contributed by atoms with Crippen LogP contribution in [0.25, 0.3) is 0 Å². The lowest BCUT2D eigenvalue weighted by Crippen LogP contribution is -2.26. The molecule has 0 aromatic carbocycles. The van der Waals surface area contributed by atoms with E-state index in [1.54, 1.807) is 6.33 Å². The number of aliphatic hydroxyl groups is 1. The fraction of sp³-hybridized carbons (Fsp3) is 0.667. The van der Waals surface area contributed by atoms with Crippen molar-refractivity contribution in [3.05, 3.63) is 18.1 Å². The summed E-state index contributed by atoms with van der Waals surface area (Å²) in [6.45, 7) is 2.52. The summed E-state index contributed by atoms with van der Waals surface area (Å²) in [7, 11) is 0. The third-order valence-corrected chi connectivity index (χ3v) is 3.24. The number of aryl methyl sites for hydroxylation is 1. The van der Waals surface area contributed by atoms with E-state index in [0.29, 0.717) is 12.5 Å². The number of hydrogen-bond acceptors (Lipinski definition) is 4. The molecule has 1 aromatic rings. The first-order valence-electron chi connectivity index (χ1n) is 5.96. The average Bonchev–Trinajstić information content (AvgIpc) is 2.79. The molecule has 2 rings (SSSR count). The Morgan fingerprint density at radius 3 is 2.88 bits per heavy atom. The highest BCUT2D eigenvalue weighted by Gasteiger charge is 2.22. The molecule has 1 atom stereocenters. The number of anilines is 1. The maximum Gasteiger partial charge on any atom is 0.129 e. The van der Waals surface area contributed by atoms with Gasteiger partial charge in [0.1, 0.15) is 12.1 Å². The lowest BCUT2D eigenvalue weighted by Gasteiger charge is -2.18. The zero-order valence-corrected chi connectivity index (χ0v) is 9.69. The Morgan fingerprint density at radius 2 is 2.19 bits per heavy atom. The van der Waals surface area contributed by atoms with Crippen LogP contribution in [0.1, 0.15) is 31.4 Å². The Kier molecular flexibility index (Phi) is 3.72. The zero-order chi connectivity index (χ0) is 11.4. The minimum atomic E-state index is -0.252. The first-order valence-corrected chi connectivity index (χ1v) is 5.96. The van der Waals surface area contributed by atoms with E-state index in [2.05, 4.69) is 15.3 Å². The van der Waals surface area contributed by atoms with E-state index in [-0.39, 0.29) is 6.10 Å². The summed E-state index contributed by atoms with van der Waals surface area (Å²) >= 11 is 0.